The topological polar surface area (TPSA) is 74.5 Å². The summed E-state index contributed by atoms with van der Waals surface area (Å²) < 4.78 is 0. The minimum atomic E-state index is -0.383. The molecule has 4 heteroatoms. The molecule has 0 aliphatic carbocycles. The predicted molar refractivity (Wildman–Crippen MR) is 50.0 cm³/mol. The van der Waals surface area contributed by atoms with E-state index in [0.29, 0.717) is 6.54 Å². The van der Waals surface area contributed by atoms with Crippen LogP contribution in [0.3, 0.4) is 0 Å². The second kappa shape index (κ2) is 3.96. The van der Waals surface area contributed by atoms with Gasteiger partial charge in [-0.15, -0.1) is 0 Å². The summed E-state index contributed by atoms with van der Waals surface area (Å²) in [5.74, 6) is 0. The monoisotopic (exact) mass is 171 g/mol. The van der Waals surface area contributed by atoms with Crippen molar-refractivity contribution in [2.45, 2.75) is 38.8 Å². The number of azo groups is 1. The number of hydrogen-bond acceptors (Lipinski definition) is 3. The Morgan fingerprint density at radius 1 is 1.08 bits per heavy atom. The summed E-state index contributed by atoms with van der Waals surface area (Å²) in [7, 11) is 0. The van der Waals surface area contributed by atoms with E-state index in [2.05, 4.69) is 10.2 Å². The molecule has 0 aromatic rings. The van der Waals surface area contributed by atoms with Gasteiger partial charge in [0, 0.05) is 13.1 Å². The average molecular weight is 171 g/mol. The molecule has 0 rings (SSSR count). The van der Waals surface area contributed by atoms with Crippen molar-refractivity contribution in [1.82, 2.24) is 5.73 Å². The van der Waals surface area contributed by atoms with Crippen LogP contribution < -0.4 is 11.5 Å². The third kappa shape index (κ3) is 4.41. The predicted octanol–water partition coefficient (Wildman–Crippen LogP) is 1.24. The van der Waals surface area contributed by atoms with Crippen LogP contribution >= 0.6 is 0 Å². The Morgan fingerprint density at radius 2 is 1.50 bits per heavy atom. The Morgan fingerprint density at radius 3 is 1.83 bits per heavy atom. The van der Waals surface area contributed by atoms with Crippen LogP contribution in [0.1, 0.15) is 27.7 Å². The van der Waals surface area contributed by atoms with Crippen molar-refractivity contribution in [1.29, 1.82) is 0 Å². The fourth-order valence-electron chi connectivity index (χ4n) is 0.347. The Hall–Kier alpha value is -0.480. The molecule has 0 aliphatic rings. The minimum Gasteiger partial charge on any atom is -0.328 e. The van der Waals surface area contributed by atoms with Crippen LogP contribution in [0.5, 0.6) is 0 Å². The molecule has 0 unspecified atom stereocenters. The Balaban J connectivity index is 4.23. The van der Waals surface area contributed by atoms with Gasteiger partial charge < -0.3 is 5.73 Å². The van der Waals surface area contributed by atoms with Crippen molar-refractivity contribution >= 4 is 0 Å². The van der Waals surface area contributed by atoms with Gasteiger partial charge in [0.1, 0.15) is 0 Å². The fraction of sp³-hybridized carbons (Fsp3) is 1.00. The van der Waals surface area contributed by atoms with Gasteiger partial charge in [0.25, 0.3) is 0 Å². The standard InChI is InChI=1S/C8H19N4/c1-7(2,5-9)11-12-8(3,4)6-10/h9H,5-6,10H2,1-4H3. The van der Waals surface area contributed by atoms with Crippen LogP contribution in [-0.4, -0.2) is 24.2 Å². The van der Waals surface area contributed by atoms with Gasteiger partial charge in [0.15, 0.2) is 0 Å². The number of nitrogens with zero attached hydrogens (tertiary/aromatic N) is 2. The third-order valence-electron chi connectivity index (χ3n) is 1.52. The lowest BCUT2D eigenvalue weighted by Gasteiger charge is -2.19. The molecule has 0 aromatic heterocycles. The van der Waals surface area contributed by atoms with Crippen molar-refractivity contribution < 1.29 is 0 Å². The first-order chi connectivity index (χ1) is 5.33. The van der Waals surface area contributed by atoms with Crippen LogP contribution in [0.25, 0.3) is 0 Å². The molecule has 4 nitrogen and oxygen atoms in total. The third-order valence-corrected chi connectivity index (χ3v) is 1.52. The molecule has 0 amide bonds. The highest BCUT2D eigenvalue weighted by Crippen LogP contribution is 2.13. The van der Waals surface area contributed by atoms with E-state index in [1.165, 1.54) is 0 Å². The summed E-state index contributed by atoms with van der Waals surface area (Å²) >= 11 is 0. The van der Waals surface area contributed by atoms with Gasteiger partial charge in [-0.05, 0) is 27.7 Å². The maximum absolute atomic E-state index is 7.19. The van der Waals surface area contributed by atoms with E-state index in [1.807, 2.05) is 27.7 Å². The van der Waals surface area contributed by atoms with E-state index < -0.39 is 0 Å². The second-order valence-corrected chi connectivity index (χ2v) is 4.21. The molecule has 0 aliphatic heterocycles. The highest BCUT2D eigenvalue weighted by Gasteiger charge is 2.18. The molecule has 0 saturated carbocycles. The first-order valence-electron chi connectivity index (χ1n) is 4.12. The van der Waals surface area contributed by atoms with Crippen molar-refractivity contribution in [2.24, 2.45) is 16.0 Å². The smallest absolute Gasteiger partial charge is 0.0897 e. The summed E-state index contributed by atoms with van der Waals surface area (Å²) in [6.45, 7) is 8.35. The van der Waals surface area contributed by atoms with E-state index in [-0.39, 0.29) is 17.6 Å². The average Bonchev–Trinajstić information content (AvgIpc) is 2.02. The maximum Gasteiger partial charge on any atom is 0.0897 e. The van der Waals surface area contributed by atoms with Gasteiger partial charge in [-0.25, -0.2) is 0 Å². The molecule has 0 heterocycles. The zero-order valence-corrected chi connectivity index (χ0v) is 8.39. The summed E-state index contributed by atoms with van der Waals surface area (Å²) in [4.78, 5) is 0. The highest BCUT2D eigenvalue weighted by atomic mass is 15.2. The van der Waals surface area contributed by atoms with Crippen LogP contribution in [0.4, 0.5) is 0 Å². The van der Waals surface area contributed by atoms with E-state index >= 15 is 0 Å². The lowest BCUT2D eigenvalue weighted by Crippen LogP contribution is -2.30. The van der Waals surface area contributed by atoms with Crippen LogP contribution in [0.2, 0.25) is 0 Å². The van der Waals surface area contributed by atoms with E-state index in [4.69, 9.17) is 11.5 Å². The van der Waals surface area contributed by atoms with Crippen LogP contribution in [0, 0.1) is 0 Å². The lowest BCUT2D eigenvalue weighted by molar-refractivity contribution is 0.428. The summed E-state index contributed by atoms with van der Waals surface area (Å²) in [5, 5.41) is 8.17. The first kappa shape index (κ1) is 11.5. The van der Waals surface area contributed by atoms with Gasteiger partial charge in [-0.3, -0.25) is 5.73 Å². The SMILES string of the molecule is CC(C)(C[NH])N=NC(C)(C)CN. The molecule has 0 aromatic carbocycles. The number of nitrogens with one attached hydrogen (secondary N) is 1. The second-order valence-electron chi connectivity index (χ2n) is 4.21. The van der Waals surface area contributed by atoms with Gasteiger partial charge in [-0.2, -0.15) is 10.2 Å². The summed E-state index contributed by atoms with van der Waals surface area (Å²) in [6.07, 6.45) is 0. The molecule has 0 spiro atoms. The Labute approximate surface area is 74.4 Å². The first-order valence-corrected chi connectivity index (χ1v) is 4.12. The quantitative estimate of drug-likeness (QED) is 0.635. The Bertz CT molecular complexity index is 142. The molecule has 12 heavy (non-hydrogen) atoms. The summed E-state index contributed by atoms with van der Waals surface area (Å²) in [6, 6.07) is 0. The number of rotatable bonds is 4. The van der Waals surface area contributed by atoms with E-state index in [9.17, 15) is 0 Å². The van der Waals surface area contributed by atoms with Crippen molar-refractivity contribution in [3.8, 4) is 0 Å². The molecule has 0 saturated heterocycles. The molecule has 0 atom stereocenters. The van der Waals surface area contributed by atoms with Crippen molar-refractivity contribution in [3.63, 3.8) is 0 Å². The molecular formula is C8H19N4. The van der Waals surface area contributed by atoms with Crippen molar-refractivity contribution in [2.75, 3.05) is 13.1 Å². The lowest BCUT2D eigenvalue weighted by atomic mass is 10.1. The van der Waals surface area contributed by atoms with E-state index in [1.54, 1.807) is 0 Å². The van der Waals surface area contributed by atoms with Gasteiger partial charge in [0.05, 0.1) is 11.1 Å². The molecule has 0 bridgehead atoms. The number of nitrogens with two attached hydrogens (primary N) is 1. The zero-order chi connectivity index (χ0) is 9.83. The maximum atomic E-state index is 7.19. The van der Waals surface area contributed by atoms with Crippen LogP contribution in [0.15, 0.2) is 10.2 Å². The number of hydrogen-bond donors (Lipinski definition) is 1. The molecule has 71 valence electrons. The zero-order valence-electron chi connectivity index (χ0n) is 8.39. The largest absolute Gasteiger partial charge is 0.328 e. The van der Waals surface area contributed by atoms with Crippen LogP contribution in [-0.2, 0) is 0 Å². The van der Waals surface area contributed by atoms with Gasteiger partial charge in [0.2, 0.25) is 0 Å². The Kier molecular flexibility index (Phi) is 3.80. The molecule has 1 radical (unpaired) electrons. The summed E-state index contributed by atoms with van der Waals surface area (Å²) in [5.41, 5.74) is 12.0. The minimum absolute atomic E-state index is 0.247. The van der Waals surface area contributed by atoms with Gasteiger partial charge in [-0.1, -0.05) is 0 Å². The highest BCUT2D eigenvalue weighted by molar-refractivity contribution is 4.81. The van der Waals surface area contributed by atoms with E-state index in [0.717, 1.165) is 0 Å². The fourth-order valence-corrected chi connectivity index (χ4v) is 0.347. The molecule has 3 N–H and O–H groups in total. The molecular weight excluding hydrogens is 152 g/mol. The normalized spacial score (nSPS) is 14.2. The van der Waals surface area contributed by atoms with Gasteiger partial charge >= 0.3 is 0 Å². The molecule has 0 fully saturated rings. The van der Waals surface area contributed by atoms with Crippen molar-refractivity contribution in [3.05, 3.63) is 0 Å².